The first-order valence-electron chi connectivity index (χ1n) is 6.20. The Bertz CT molecular complexity index is 452. The van der Waals surface area contributed by atoms with E-state index in [9.17, 15) is 19.6 Å². The Balaban J connectivity index is 2.84. The number of hydrogen-bond acceptors (Lipinski definition) is 4. The van der Waals surface area contributed by atoms with Crippen molar-refractivity contribution >= 4 is 5.69 Å². The molecule has 2 atom stereocenters. The molecule has 5 nitrogen and oxygen atoms in total. The predicted molar refractivity (Wildman–Crippen MR) is 70.1 cm³/mol. The molecule has 0 radical (unpaired) electrons. The maximum Gasteiger partial charge on any atom is 0.305 e. The van der Waals surface area contributed by atoms with Crippen LogP contribution in [0.25, 0.3) is 0 Å². The van der Waals surface area contributed by atoms with Crippen molar-refractivity contribution in [3.8, 4) is 0 Å². The Labute approximate surface area is 111 Å². The number of nitrogens with zero attached hydrogens (tertiary/aromatic N) is 1. The number of nitrogens with two attached hydrogens (primary N) is 1. The van der Waals surface area contributed by atoms with Gasteiger partial charge in [0.2, 0.25) is 5.82 Å². The van der Waals surface area contributed by atoms with Crippen molar-refractivity contribution in [2.24, 2.45) is 11.7 Å². The number of nitro benzene ring substituents is 1. The van der Waals surface area contributed by atoms with Gasteiger partial charge in [-0.2, -0.15) is 4.39 Å². The fourth-order valence-corrected chi connectivity index (χ4v) is 1.78. The molecule has 1 rings (SSSR count). The third-order valence-corrected chi connectivity index (χ3v) is 3.01. The molecule has 0 saturated carbocycles. The normalized spacial score (nSPS) is 14.4. The summed E-state index contributed by atoms with van der Waals surface area (Å²) >= 11 is 0. The van der Waals surface area contributed by atoms with Gasteiger partial charge in [0, 0.05) is 6.07 Å². The van der Waals surface area contributed by atoms with Crippen molar-refractivity contribution in [2.45, 2.75) is 38.8 Å². The number of benzene rings is 1. The van der Waals surface area contributed by atoms with Gasteiger partial charge < -0.3 is 10.8 Å². The second-order valence-electron chi connectivity index (χ2n) is 5.03. The molecule has 19 heavy (non-hydrogen) atoms. The summed E-state index contributed by atoms with van der Waals surface area (Å²) in [7, 11) is 0. The van der Waals surface area contributed by atoms with E-state index >= 15 is 0 Å². The molecule has 0 heterocycles. The molecule has 0 saturated heterocycles. The van der Waals surface area contributed by atoms with Gasteiger partial charge in [0.15, 0.2) is 0 Å². The molecular weight excluding hydrogens is 251 g/mol. The Hall–Kier alpha value is -1.53. The first-order valence-corrected chi connectivity index (χ1v) is 6.20. The topological polar surface area (TPSA) is 89.4 Å². The average molecular weight is 270 g/mol. The molecular formula is C13H19FN2O3. The molecule has 1 aromatic carbocycles. The highest BCUT2D eigenvalue weighted by molar-refractivity contribution is 5.37. The lowest BCUT2D eigenvalue weighted by Crippen LogP contribution is -2.26. The van der Waals surface area contributed by atoms with E-state index in [1.165, 1.54) is 6.07 Å². The van der Waals surface area contributed by atoms with Crippen LogP contribution < -0.4 is 5.73 Å². The summed E-state index contributed by atoms with van der Waals surface area (Å²) in [5.74, 6) is -0.470. The second kappa shape index (κ2) is 6.58. The lowest BCUT2D eigenvalue weighted by Gasteiger charge is -2.20. The lowest BCUT2D eigenvalue weighted by molar-refractivity contribution is -0.387. The van der Waals surface area contributed by atoms with Crippen molar-refractivity contribution in [1.29, 1.82) is 0 Å². The maximum absolute atomic E-state index is 13.2. The molecule has 3 N–H and O–H groups in total. The molecule has 0 unspecified atom stereocenters. The number of aliphatic hydroxyl groups excluding tert-OH is 1. The van der Waals surface area contributed by atoms with Gasteiger partial charge in [-0.3, -0.25) is 10.1 Å². The standard InChI is InChI=1S/C13H19FN2O3/c1-8(2)3-6-12(17)13(15)9-4-5-10(14)11(7-9)16(18)19/h4-5,7-8,12-13,17H,3,6,15H2,1-2H3/t12-,13+/m0/s1. The zero-order valence-electron chi connectivity index (χ0n) is 11.0. The van der Waals surface area contributed by atoms with Crippen molar-refractivity contribution < 1.29 is 14.4 Å². The van der Waals surface area contributed by atoms with E-state index in [1.54, 1.807) is 0 Å². The Morgan fingerprint density at radius 1 is 1.42 bits per heavy atom. The number of nitro groups is 1. The highest BCUT2D eigenvalue weighted by Gasteiger charge is 2.21. The number of hydrogen-bond donors (Lipinski definition) is 2. The highest BCUT2D eigenvalue weighted by Crippen LogP contribution is 2.25. The largest absolute Gasteiger partial charge is 0.391 e. The molecule has 0 bridgehead atoms. The van der Waals surface area contributed by atoms with E-state index in [2.05, 4.69) is 0 Å². The van der Waals surface area contributed by atoms with Gasteiger partial charge in [0.1, 0.15) is 0 Å². The minimum Gasteiger partial charge on any atom is -0.391 e. The van der Waals surface area contributed by atoms with E-state index in [0.29, 0.717) is 17.9 Å². The molecule has 6 heteroatoms. The highest BCUT2D eigenvalue weighted by atomic mass is 19.1. The van der Waals surface area contributed by atoms with Crippen LogP contribution in [0.4, 0.5) is 10.1 Å². The average Bonchev–Trinajstić information content (AvgIpc) is 2.35. The summed E-state index contributed by atoms with van der Waals surface area (Å²) in [6, 6.07) is 2.70. The molecule has 1 aromatic rings. The zero-order chi connectivity index (χ0) is 14.6. The summed E-state index contributed by atoms with van der Waals surface area (Å²) in [6.45, 7) is 4.06. The van der Waals surface area contributed by atoms with Crippen LogP contribution in [0.1, 0.15) is 38.3 Å². The van der Waals surface area contributed by atoms with Crippen molar-refractivity contribution in [3.63, 3.8) is 0 Å². The predicted octanol–water partition coefficient (Wildman–Crippen LogP) is 2.53. The van der Waals surface area contributed by atoms with Gasteiger partial charge in [-0.25, -0.2) is 0 Å². The monoisotopic (exact) mass is 270 g/mol. The van der Waals surface area contributed by atoms with Crippen molar-refractivity contribution in [2.75, 3.05) is 0 Å². The smallest absolute Gasteiger partial charge is 0.305 e. The van der Waals surface area contributed by atoms with Gasteiger partial charge in [-0.05, 0) is 30.4 Å². The first-order chi connectivity index (χ1) is 8.82. The van der Waals surface area contributed by atoms with Crippen LogP contribution in [0.2, 0.25) is 0 Å². The van der Waals surface area contributed by atoms with Gasteiger partial charge in [-0.1, -0.05) is 19.9 Å². The summed E-state index contributed by atoms with van der Waals surface area (Å²) in [6.07, 6.45) is 0.509. The van der Waals surface area contributed by atoms with Crippen LogP contribution in [0.15, 0.2) is 18.2 Å². The SMILES string of the molecule is CC(C)CC[C@H](O)[C@H](N)c1ccc(F)c([N+](=O)[O-])c1. The second-order valence-corrected chi connectivity index (χ2v) is 5.03. The Morgan fingerprint density at radius 3 is 2.58 bits per heavy atom. The van der Waals surface area contributed by atoms with Gasteiger partial charge >= 0.3 is 5.69 Å². The van der Waals surface area contributed by atoms with Gasteiger partial charge in [0.05, 0.1) is 17.1 Å². The molecule has 0 aliphatic rings. The van der Waals surface area contributed by atoms with Crippen LogP contribution in [-0.4, -0.2) is 16.1 Å². The minimum absolute atomic E-state index is 0.365. The fourth-order valence-electron chi connectivity index (χ4n) is 1.78. The van der Waals surface area contributed by atoms with E-state index in [-0.39, 0.29) is 0 Å². The summed E-state index contributed by atoms with van der Waals surface area (Å²) in [5.41, 5.74) is 5.59. The molecule has 0 spiro atoms. The molecule has 0 aliphatic heterocycles. The van der Waals surface area contributed by atoms with E-state index < -0.39 is 28.6 Å². The molecule has 106 valence electrons. The van der Waals surface area contributed by atoms with Gasteiger partial charge in [0.25, 0.3) is 0 Å². The number of rotatable bonds is 6. The van der Waals surface area contributed by atoms with Gasteiger partial charge in [-0.15, -0.1) is 0 Å². The summed E-state index contributed by atoms with van der Waals surface area (Å²) in [5, 5.41) is 20.6. The van der Waals surface area contributed by atoms with Crippen molar-refractivity contribution in [1.82, 2.24) is 0 Å². The molecule has 0 aromatic heterocycles. The van der Waals surface area contributed by atoms with E-state index in [1.807, 2.05) is 13.8 Å². The Kier molecular flexibility index (Phi) is 5.38. The van der Waals surface area contributed by atoms with Crippen molar-refractivity contribution in [3.05, 3.63) is 39.7 Å². The third-order valence-electron chi connectivity index (χ3n) is 3.01. The fraction of sp³-hybridized carbons (Fsp3) is 0.538. The molecule has 0 fully saturated rings. The van der Waals surface area contributed by atoms with Crippen LogP contribution in [0, 0.1) is 21.8 Å². The minimum atomic E-state index is -0.905. The number of aliphatic hydroxyl groups is 1. The lowest BCUT2D eigenvalue weighted by atomic mass is 9.96. The third kappa shape index (κ3) is 4.25. The zero-order valence-corrected chi connectivity index (χ0v) is 11.0. The van der Waals surface area contributed by atoms with Crippen LogP contribution >= 0.6 is 0 Å². The Morgan fingerprint density at radius 2 is 2.05 bits per heavy atom. The molecule has 0 aliphatic carbocycles. The molecule has 0 amide bonds. The maximum atomic E-state index is 13.2. The summed E-state index contributed by atoms with van der Waals surface area (Å²) in [4.78, 5) is 9.84. The quantitative estimate of drug-likeness (QED) is 0.614. The van der Waals surface area contributed by atoms with Crippen LogP contribution in [0.3, 0.4) is 0 Å². The first kappa shape index (κ1) is 15.5. The van der Waals surface area contributed by atoms with Crippen LogP contribution in [-0.2, 0) is 0 Å². The van der Waals surface area contributed by atoms with E-state index in [4.69, 9.17) is 5.73 Å². The summed E-state index contributed by atoms with van der Waals surface area (Å²) < 4.78 is 13.2. The van der Waals surface area contributed by atoms with E-state index in [0.717, 1.165) is 18.6 Å². The number of halogens is 1. The van der Waals surface area contributed by atoms with Crippen LogP contribution in [0.5, 0.6) is 0 Å².